The number of halogens is 2. The average molecular weight is 341 g/mol. The number of carboxylic acid groups (broad SMARTS) is 1. The second-order valence-corrected chi connectivity index (χ2v) is 4.89. The van der Waals surface area contributed by atoms with Crippen LogP contribution in [0.25, 0.3) is 5.69 Å². The molecule has 1 aromatic carbocycles. The average Bonchev–Trinajstić information content (AvgIpc) is 2.41. The van der Waals surface area contributed by atoms with Gasteiger partial charge in [0.05, 0.1) is 5.69 Å². The van der Waals surface area contributed by atoms with Crippen LogP contribution in [-0.4, -0.2) is 20.9 Å². The highest BCUT2D eigenvalue weighted by Gasteiger charge is 2.16. The number of carbonyl (C=O) groups is 1. The maximum absolute atomic E-state index is 13.3. The van der Waals surface area contributed by atoms with Gasteiger partial charge in [-0.1, -0.05) is 6.92 Å². The smallest absolute Gasteiger partial charge is 0.360 e. The molecule has 0 saturated carbocycles. The summed E-state index contributed by atoms with van der Waals surface area (Å²) in [6.07, 6.45) is 1.77. The molecule has 1 N–H and O–H groups in total. The van der Waals surface area contributed by atoms with Gasteiger partial charge in [-0.3, -0.25) is 4.79 Å². The van der Waals surface area contributed by atoms with Crippen molar-refractivity contribution in [1.29, 1.82) is 0 Å². The van der Waals surface area contributed by atoms with E-state index in [-0.39, 0.29) is 0 Å². The van der Waals surface area contributed by atoms with E-state index in [2.05, 4.69) is 21.0 Å². The number of hydrogen-bond acceptors (Lipinski definition) is 3. The van der Waals surface area contributed by atoms with Crippen LogP contribution in [0.1, 0.15) is 23.0 Å². The van der Waals surface area contributed by atoms with E-state index in [9.17, 15) is 14.0 Å². The summed E-state index contributed by atoms with van der Waals surface area (Å²) in [6.45, 7) is 1.73. The molecule has 0 aliphatic heterocycles. The third-order valence-electron chi connectivity index (χ3n) is 2.73. The Labute approximate surface area is 121 Å². The monoisotopic (exact) mass is 340 g/mol. The summed E-state index contributed by atoms with van der Waals surface area (Å²) in [7, 11) is 0. The topological polar surface area (TPSA) is 72.2 Å². The van der Waals surface area contributed by atoms with Crippen molar-refractivity contribution >= 4 is 21.9 Å². The first kappa shape index (κ1) is 14.4. The van der Waals surface area contributed by atoms with Crippen LogP contribution < -0.4 is 5.43 Å². The molecule has 0 unspecified atom stereocenters. The van der Waals surface area contributed by atoms with E-state index in [1.165, 1.54) is 29.1 Å². The van der Waals surface area contributed by atoms with Gasteiger partial charge in [0.15, 0.2) is 0 Å². The Balaban J connectivity index is 2.75. The van der Waals surface area contributed by atoms with Crippen molar-refractivity contribution in [2.75, 3.05) is 0 Å². The lowest BCUT2D eigenvalue weighted by atomic mass is 10.2. The van der Waals surface area contributed by atoms with Crippen molar-refractivity contribution in [2.45, 2.75) is 13.3 Å². The lowest BCUT2D eigenvalue weighted by Crippen LogP contribution is -2.24. The Bertz CT molecular complexity index is 743. The minimum absolute atomic E-state index is 0.300. The molecule has 0 saturated heterocycles. The first-order chi connectivity index (χ1) is 9.43. The first-order valence-electron chi connectivity index (χ1n) is 5.75. The van der Waals surface area contributed by atoms with Gasteiger partial charge in [-0.05, 0) is 34.5 Å². The van der Waals surface area contributed by atoms with Gasteiger partial charge in [-0.15, -0.1) is 0 Å². The fourth-order valence-electron chi connectivity index (χ4n) is 1.72. The molecule has 0 aliphatic carbocycles. The third kappa shape index (κ3) is 2.62. The quantitative estimate of drug-likeness (QED) is 0.931. The Morgan fingerprint density at radius 1 is 1.50 bits per heavy atom. The van der Waals surface area contributed by atoms with Gasteiger partial charge < -0.3 is 5.11 Å². The molecule has 0 amide bonds. The summed E-state index contributed by atoms with van der Waals surface area (Å²) in [4.78, 5) is 22.9. The zero-order chi connectivity index (χ0) is 14.9. The maximum Gasteiger partial charge on any atom is 0.360 e. The molecule has 20 heavy (non-hydrogen) atoms. The number of benzene rings is 1. The summed E-state index contributed by atoms with van der Waals surface area (Å²) >= 11 is 3.24. The number of hydrogen-bond donors (Lipinski definition) is 1. The van der Waals surface area contributed by atoms with E-state index in [1.54, 1.807) is 6.92 Å². The van der Waals surface area contributed by atoms with Crippen molar-refractivity contribution in [2.24, 2.45) is 0 Å². The van der Waals surface area contributed by atoms with Crippen molar-refractivity contribution in [3.8, 4) is 5.69 Å². The van der Waals surface area contributed by atoms with E-state index in [1.807, 2.05) is 0 Å². The number of aryl methyl sites for hydroxylation is 1. The molecule has 1 heterocycles. The van der Waals surface area contributed by atoms with Crippen molar-refractivity contribution in [3.63, 3.8) is 0 Å². The Morgan fingerprint density at radius 2 is 2.20 bits per heavy atom. The van der Waals surface area contributed by atoms with Gasteiger partial charge >= 0.3 is 5.97 Å². The number of aromatic carboxylic acids is 1. The Hall–Kier alpha value is -2.02. The van der Waals surface area contributed by atoms with Gasteiger partial charge in [0.2, 0.25) is 11.1 Å². The first-order valence-corrected chi connectivity index (χ1v) is 6.55. The van der Waals surface area contributed by atoms with Gasteiger partial charge in [0.1, 0.15) is 5.82 Å². The molecular weight excluding hydrogens is 331 g/mol. The van der Waals surface area contributed by atoms with Crippen LogP contribution in [0.5, 0.6) is 0 Å². The molecule has 2 rings (SSSR count). The molecule has 5 nitrogen and oxygen atoms in total. The second-order valence-electron chi connectivity index (χ2n) is 4.03. The number of nitrogens with zero attached hydrogens (tertiary/aromatic N) is 2. The van der Waals surface area contributed by atoms with E-state index in [4.69, 9.17) is 5.11 Å². The van der Waals surface area contributed by atoms with E-state index in [0.29, 0.717) is 22.1 Å². The maximum atomic E-state index is 13.3. The molecule has 7 heteroatoms. The van der Waals surface area contributed by atoms with Crippen LogP contribution in [0.3, 0.4) is 0 Å². The van der Waals surface area contributed by atoms with Crippen LogP contribution in [0.15, 0.2) is 33.7 Å². The molecule has 1 aromatic heterocycles. The van der Waals surface area contributed by atoms with Gasteiger partial charge in [-0.2, -0.15) is 5.10 Å². The fourth-order valence-corrected chi connectivity index (χ4v) is 2.15. The standard InChI is InChI=1S/C13H10BrFN2O3/c1-2-7-6-17(16-11(12(7)18)13(19)20)10-5-8(15)3-4-9(10)14/h3-6H,2H2,1H3,(H,19,20). The molecule has 2 aromatic rings. The molecule has 0 radical (unpaired) electrons. The lowest BCUT2D eigenvalue weighted by Gasteiger charge is -2.10. The molecular formula is C13H10BrFN2O3. The Kier molecular flexibility index (Phi) is 3.99. The molecule has 0 fully saturated rings. The van der Waals surface area contributed by atoms with E-state index in [0.717, 1.165) is 0 Å². The van der Waals surface area contributed by atoms with Crippen LogP contribution in [-0.2, 0) is 6.42 Å². The zero-order valence-corrected chi connectivity index (χ0v) is 12.0. The summed E-state index contributed by atoms with van der Waals surface area (Å²) in [5, 5.41) is 12.8. The summed E-state index contributed by atoms with van der Waals surface area (Å²) in [6, 6.07) is 3.94. The third-order valence-corrected chi connectivity index (χ3v) is 3.40. The van der Waals surface area contributed by atoms with E-state index >= 15 is 0 Å². The van der Waals surface area contributed by atoms with Crippen LogP contribution in [0.2, 0.25) is 0 Å². The molecule has 0 atom stereocenters. The number of rotatable bonds is 3. The molecule has 0 bridgehead atoms. The summed E-state index contributed by atoms with van der Waals surface area (Å²) in [5.41, 5.74) is -0.583. The lowest BCUT2D eigenvalue weighted by molar-refractivity contribution is 0.0686. The van der Waals surface area contributed by atoms with Crippen LogP contribution in [0.4, 0.5) is 4.39 Å². The van der Waals surface area contributed by atoms with E-state index < -0.39 is 22.9 Å². The summed E-state index contributed by atoms with van der Waals surface area (Å²) < 4.78 is 15.0. The highest BCUT2D eigenvalue weighted by molar-refractivity contribution is 9.10. The summed E-state index contributed by atoms with van der Waals surface area (Å²) in [5.74, 6) is -1.90. The number of aromatic nitrogens is 2. The van der Waals surface area contributed by atoms with Crippen LogP contribution in [0, 0.1) is 5.82 Å². The van der Waals surface area contributed by atoms with Crippen molar-refractivity contribution in [3.05, 3.63) is 56.2 Å². The number of carboxylic acids is 1. The highest BCUT2D eigenvalue weighted by Crippen LogP contribution is 2.21. The van der Waals surface area contributed by atoms with Gasteiger partial charge in [0, 0.05) is 22.3 Å². The zero-order valence-electron chi connectivity index (χ0n) is 10.4. The molecule has 104 valence electrons. The SMILES string of the molecule is CCc1cn(-c2cc(F)ccc2Br)nc(C(=O)O)c1=O. The minimum atomic E-state index is -1.41. The normalized spacial score (nSPS) is 10.6. The van der Waals surface area contributed by atoms with Crippen LogP contribution >= 0.6 is 15.9 Å². The minimum Gasteiger partial charge on any atom is -0.476 e. The highest BCUT2D eigenvalue weighted by atomic mass is 79.9. The second kappa shape index (κ2) is 5.54. The van der Waals surface area contributed by atoms with Gasteiger partial charge in [-0.25, -0.2) is 13.9 Å². The molecule has 0 spiro atoms. The largest absolute Gasteiger partial charge is 0.476 e. The molecule has 0 aliphatic rings. The fraction of sp³-hybridized carbons (Fsp3) is 0.154. The Morgan fingerprint density at radius 3 is 2.80 bits per heavy atom. The van der Waals surface area contributed by atoms with Gasteiger partial charge in [0.25, 0.3) is 0 Å². The van der Waals surface area contributed by atoms with Crippen molar-refractivity contribution in [1.82, 2.24) is 9.78 Å². The predicted octanol–water partition coefficient (Wildman–Crippen LogP) is 2.39. The predicted molar refractivity (Wildman–Crippen MR) is 73.8 cm³/mol. The van der Waals surface area contributed by atoms with Crippen molar-refractivity contribution < 1.29 is 14.3 Å².